The maximum Gasteiger partial charge on any atom is 0.242 e. The summed E-state index contributed by atoms with van der Waals surface area (Å²) in [7, 11) is 0. The molecule has 0 spiro atoms. The van der Waals surface area contributed by atoms with Crippen LogP contribution in [0.4, 0.5) is 0 Å². The Balaban J connectivity index is 3.17. The van der Waals surface area contributed by atoms with E-state index in [1.807, 2.05) is 0 Å². The average molecular weight is 156 g/mol. The van der Waals surface area contributed by atoms with Crippen molar-refractivity contribution in [2.24, 2.45) is 0 Å². The minimum absolute atomic E-state index is 0.583. The van der Waals surface area contributed by atoms with Gasteiger partial charge in [0.2, 0.25) is 11.1 Å². The van der Waals surface area contributed by atoms with Gasteiger partial charge in [0.25, 0.3) is 0 Å². The molecule has 0 aromatic heterocycles. The van der Waals surface area contributed by atoms with Crippen LogP contribution in [0.15, 0.2) is 0 Å². The molecule has 1 rings (SSSR count). The number of hydrogen-bond donors (Lipinski definition) is 0. The Kier molecular flexibility index (Phi) is 1.34. The lowest BCUT2D eigenvalue weighted by molar-refractivity contribution is -0.555. The van der Waals surface area contributed by atoms with Crippen LogP contribution in [0.3, 0.4) is 0 Å². The molecule has 1 heterocycles. The Morgan fingerprint density at radius 1 is 1.18 bits per heavy atom. The predicted octanol–water partition coefficient (Wildman–Crippen LogP) is 0.752. The zero-order valence-electron chi connectivity index (χ0n) is 7.21. The summed E-state index contributed by atoms with van der Waals surface area (Å²) in [6.45, 7) is 6.91. The third-order valence-corrected chi connectivity index (χ3v) is 2.69. The van der Waals surface area contributed by atoms with Crippen LogP contribution in [0, 0.1) is 10.1 Å². The highest BCUT2D eigenvalue weighted by Gasteiger charge is 2.56. The summed E-state index contributed by atoms with van der Waals surface area (Å²) in [4.78, 5) is 11.1. The highest BCUT2D eigenvalue weighted by molar-refractivity contribution is 5.40. The minimum atomic E-state index is -0.700. The van der Waals surface area contributed by atoms with Gasteiger partial charge in [0.05, 0.1) is 0 Å². The van der Waals surface area contributed by atoms with Crippen LogP contribution >= 0.6 is 0 Å². The first-order valence-electron chi connectivity index (χ1n) is 3.51. The maximum atomic E-state index is 11.1. The van der Waals surface area contributed by atoms with Crippen molar-refractivity contribution in [3.8, 4) is 0 Å². The molecule has 0 N–H and O–H groups in total. The fourth-order valence-corrected chi connectivity index (χ4v) is 0.829. The van der Waals surface area contributed by atoms with Gasteiger partial charge in [-0.15, -0.1) is 0 Å². The molecular weight excluding hydrogens is 144 g/mol. The topological polar surface area (TPSA) is 46.1 Å². The van der Waals surface area contributed by atoms with Gasteiger partial charge in [-0.25, -0.2) is 0 Å². The summed E-state index contributed by atoms with van der Waals surface area (Å²) in [6, 6.07) is 0. The molecule has 1 aliphatic heterocycles. The molecule has 0 amide bonds. The van der Waals surface area contributed by atoms with Gasteiger partial charge in [-0.05, 0) is 4.91 Å². The standard InChI is InChI=1S/C7H12N2O2/c1-6(2)7(3,4)9(11)5-8(6)10/h1-4H3. The van der Waals surface area contributed by atoms with E-state index in [0.717, 1.165) is 0 Å². The predicted molar refractivity (Wildman–Crippen MR) is 40.4 cm³/mol. The van der Waals surface area contributed by atoms with Gasteiger partial charge in [0, 0.05) is 27.7 Å². The lowest BCUT2D eigenvalue weighted by atomic mass is 9.84. The Labute approximate surface area is 65.7 Å². The number of hydroxylamine groups is 1. The van der Waals surface area contributed by atoms with Crippen molar-refractivity contribution in [3.05, 3.63) is 10.1 Å². The highest BCUT2D eigenvalue weighted by Crippen LogP contribution is 2.30. The number of rotatable bonds is 0. The van der Waals surface area contributed by atoms with Gasteiger partial charge in [0.1, 0.15) is 0 Å². The van der Waals surface area contributed by atoms with E-state index in [-0.39, 0.29) is 0 Å². The summed E-state index contributed by atoms with van der Waals surface area (Å²) in [6.07, 6.45) is 2.15. The lowest BCUT2D eigenvalue weighted by Gasteiger charge is -2.28. The van der Waals surface area contributed by atoms with Gasteiger partial charge in [-0.1, -0.05) is 4.76 Å². The molecule has 0 saturated carbocycles. The third kappa shape index (κ3) is 0.783. The van der Waals surface area contributed by atoms with Crippen molar-refractivity contribution in [3.63, 3.8) is 0 Å². The molecule has 0 fully saturated rings. The molecule has 0 saturated heterocycles. The number of hydrogen-bond acceptors (Lipinski definition) is 2. The van der Waals surface area contributed by atoms with E-state index in [4.69, 9.17) is 0 Å². The quantitative estimate of drug-likeness (QED) is 0.295. The van der Waals surface area contributed by atoms with Crippen molar-refractivity contribution in [1.29, 1.82) is 0 Å². The van der Waals surface area contributed by atoms with Gasteiger partial charge < -0.3 is 9.95 Å². The van der Waals surface area contributed by atoms with Crippen LogP contribution in [-0.2, 0) is 0 Å². The van der Waals surface area contributed by atoms with E-state index in [1.165, 1.54) is 0 Å². The molecule has 1 aliphatic rings. The first-order chi connectivity index (χ1) is 4.80. The average Bonchev–Trinajstić information content (AvgIpc) is 1.95. The van der Waals surface area contributed by atoms with Crippen LogP contribution in [0.25, 0.3) is 0 Å². The SMILES string of the molecule is CC1(C)[N+](=O)[C-]=[N+]([O-])C1(C)C. The molecule has 0 atom stereocenters. The van der Waals surface area contributed by atoms with Crippen molar-refractivity contribution in [2.75, 3.05) is 0 Å². The fraction of sp³-hybridized carbons (Fsp3) is 0.857. The molecule has 0 aromatic carbocycles. The first kappa shape index (κ1) is 8.17. The van der Waals surface area contributed by atoms with Gasteiger partial charge in [-0.3, -0.25) is 0 Å². The van der Waals surface area contributed by atoms with Crippen molar-refractivity contribution < 1.29 is 9.50 Å². The number of nitroso groups, excluding NO2 is 1. The summed E-state index contributed by atoms with van der Waals surface area (Å²) < 4.78 is 1.17. The molecule has 0 aromatic rings. The number of nitrogens with zero attached hydrogens (tertiary/aromatic N) is 2. The summed E-state index contributed by atoms with van der Waals surface area (Å²) in [5.41, 5.74) is -1.40. The third-order valence-electron chi connectivity index (χ3n) is 2.69. The molecule has 0 bridgehead atoms. The lowest BCUT2D eigenvalue weighted by Crippen LogP contribution is -2.50. The molecular formula is C7H12N2O2. The fourth-order valence-electron chi connectivity index (χ4n) is 0.829. The van der Waals surface area contributed by atoms with Crippen LogP contribution in [-0.4, -0.2) is 26.9 Å². The normalized spacial score (nSPS) is 26.9. The van der Waals surface area contributed by atoms with Gasteiger partial charge >= 0.3 is 0 Å². The largest absolute Gasteiger partial charge is 0.650 e. The molecule has 4 heteroatoms. The van der Waals surface area contributed by atoms with Crippen molar-refractivity contribution in [2.45, 2.75) is 38.8 Å². The van der Waals surface area contributed by atoms with E-state index in [9.17, 15) is 10.1 Å². The second-order valence-corrected chi connectivity index (χ2v) is 3.81. The Hall–Kier alpha value is -0.930. The molecule has 0 radical (unpaired) electrons. The molecule has 62 valence electrons. The maximum absolute atomic E-state index is 11.1. The van der Waals surface area contributed by atoms with Crippen LogP contribution in [0.5, 0.6) is 0 Å². The van der Waals surface area contributed by atoms with E-state index in [2.05, 4.69) is 6.34 Å². The molecule has 0 aliphatic carbocycles. The summed E-state index contributed by atoms with van der Waals surface area (Å²) in [5, 5.41) is 11.1. The van der Waals surface area contributed by atoms with Crippen molar-refractivity contribution >= 4 is 6.34 Å². The Morgan fingerprint density at radius 3 is 1.73 bits per heavy atom. The second kappa shape index (κ2) is 1.81. The van der Waals surface area contributed by atoms with E-state index in [1.54, 1.807) is 27.7 Å². The second-order valence-electron chi connectivity index (χ2n) is 3.81. The van der Waals surface area contributed by atoms with Crippen LogP contribution in [0.2, 0.25) is 0 Å². The highest BCUT2D eigenvalue weighted by atomic mass is 16.5. The Bertz CT molecular complexity index is 241. The molecule has 11 heavy (non-hydrogen) atoms. The van der Waals surface area contributed by atoms with E-state index < -0.39 is 11.1 Å². The smallest absolute Gasteiger partial charge is 0.242 e. The molecule has 4 nitrogen and oxygen atoms in total. The Morgan fingerprint density at radius 2 is 1.64 bits per heavy atom. The van der Waals surface area contributed by atoms with Gasteiger partial charge in [0.15, 0.2) is 6.34 Å². The monoisotopic (exact) mass is 156 g/mol. The molecule has 0 unspecified atom stereocenters. The van der Waals surface area contributed by atoms with E-state index >= 15 is 0 Å². The zero-order valence-corrected chi connectivity index (χ0v) is 7.21. The summed E-state index contributed by atoms with van der Waals surface area (Å²) >= 11 is 0. The first-order valence-corrected chi connectivity index (χ1v) is 3.51. The van der Waals surface area contributed by atoms with Crippen LogP contribution in [0.1, 0.15) is 27.7 Å². The zero-order chi connectivity index (χ0) is 8.86. The minimum Gasteiger partial charge on any atom is -0.650 e. The van der Waals surface area contributed by atoms with Crippen LogP contribution < -0.4 is 0 Å². The summed E-state index contributed by atoms with van der Waals surface area (Å²) in [5.74, 6) is 0. The van der Waals surface area contributed by atoms with E-state index in [0.29, 0.717) is 9.50 Å². The van der Waals surface area contributed by atoms with Crippen molar-refractivity contribution in [1.82, 2.24) is 0 Å². The van der Waals surface area contributed by atoms with Gasteiger partial charge in [-0.2, -0.15) is 0 Å².